The Bertz CT molecular complexity index is 4420. The normalized spacial score (nSPS) is 15.1. The topological polar surface area (TPSA) is 518 Å². The van der Waals surface area contributed by atoms with Gasteiger partial charge in [0.2, 0.25) is 70.9 Å². The molecule has 1 saturated heterocycles. The minimum Gasteiger partial charge on any atom is -0.508 e. The lowest BCUT2D eigenvalue weighted by molar-refractivity contribution is -0.192. The SMILES string of the molecule is CCN=C(NCC)NCCCC[C@H](NC(=O)[C@H](CC(C)C)NC(=O)[C@@H](CCCCNC(=NCC)NCC)NC(=O)[C@H](Cc1ccc(O)cc1)NC(=O)[C@H](CO)NC(=O)[C@@H](Cc1cccnc1)NC(=O)[C@@H](Cc1ccc(Cl)cc1)NC(=O)[C@@H](Cc1ccc2ccccc2c1)NC(C)=O)C(=O)N1CCC[C@H]1C(=O)N[C@H](C)C(=O)N[C@H](C)C(N)=O.O=C(O)C(F)(F)F. The number of phenols is 1. The van der Waals surface area contributed by atoms with Gasteiger partial charge in [0.15, 0.2) is 11.9 Å². The first-order chi connectivity index (χ1) is 59.0. The molecule has 39 heteroatoms. The number of benzene rings is 4. The second-order valence-electron chi connectivity index (χ2n) is 30.1. The van der Waals surface area contributed by atoms with E-state index in [1.54, 1.807) is 36.4 Å². The van der Waals surface area contributed by atoms with E-state index in [0.29, 0.717) is 104 Å². The van der Waals surface area contributed by atoms with E-state index in [1.807, 2.05) is 84.0 Å². The number of aliphatic carboxylic acids is 1. The first-order valence-corrected chi connectivity index (χ1v) is 41.8. The maximum absolute atomic E-state index is 15.2. The molecule has 6 rings (SSSR count). The van der Waals surface area contributed by atoms with Gasteiger partial charge in [-0.2, -0.15) is 13.2 Å². The van der Waals surface area contributed by atoms with Crippen LogP contribution in [0.1, 0.15) is 142 Å². The Kier molecular flexibility index (Phi) is 43.7. The molecule has 1 aliphatic rings. The summed E-state index contributed by atoms with van der Waals surface area (Å²) in [7, 11) is 0. The lowest BCUT2D eigenvalue weighted by Crippen LogP contribution is -2.61. The molecule has 5 aromatic rings. The van der Waals surface area contributed by atoms with Crippen LogP contribution < -0.4 is 80.2 Å². The van der Waals surface area contributed by atoms with Crippen molar-refractivity contribution in [2.24, 2.45) is 21.6 Å². The number of primary amides is 1. The van der Waals surface area contributed by atoms with Crippen LogP contribution in [0.4, 0.5) is 13.2 Å². The van der Waals surface area contributed by atoms with Crippen LogP contribution in [0.3, 0.4) is 0 Å². The molecule has 678 valence electrons. The Morgan fingerprint density at radius 1 is 0.524 bits per heavy atom. The molecular weight excluding hydrogens is 1640 g/mol. The second kappa shape index (κ2) is 53.0. The fourth-order valence-electron chi connectivity index (χ4n) is 13.1. The zero-order chi connectivity index (χ0) is 91.6. The van der Waals surface area contributed by atoms with Crippen molar-refractivity contribution in [3.05, 3.63) is 143 Å². The number of hydrogen-bond donors (Lipinski definition) is 18. The highest BCUT2D eigenvalue weighted by atomic mass is 35.5. The lowest BCUT2D eigenvalue weighted by atomic mass is 9.99. The van der Waals surface area contributed by atoms with Gasteiger partial charge < -0.3 is 100 Å². The van der Waals surface area contributed by atoms with Gasteiger partial charge in [0.25, 0.3) is 0 Å². The molecule has 0 unspecified atom stereocenters. The number of rotatable bonds is 46. The van der Waals surface area contributed by atoms with Crippen molar-refractivity contribution in [2.45, 2.75) is 218 Å². The van der Waals surface area contributed by atoms with Gasteiger partial charge in [-0.1, -0.05) is 98.2 Å². The summed E-state index contributed by atoms with van der Waals surface area (Å²) in [6.45, 7) is 17.4. The number of likely N-dealkylation sites (tertiary alicyclic amines) is 1. The Balaban J connectivity index is 0.00000373. The summed E-state index contributed by atoms with van der Waals surface area (Å²) in [4.78, 5) is 195. The number of halogens is 4. The summed E-state index contributed by atoms with van der Waals surface area (Å²) < 4.78 is 31.7. The summed E-state index contributed by atoms with van der Waals surface area (Å²) in [5, 5.41) is 70.8. The fraction of sp³-hybridized carbons (Fsp3) is 0.506. The van der Waals surface area contributed by atoms with Crippen LogP contribution in [0.5, 0.6) is 5.75 Å². The number of pyridine rings is 1. The highest BCUT2D eigenvalue weighted by Gasteiger charge is 2.42. The van der Waals surface area contributed by atoms with E-state index in [4.69, 9.17) is 27.2 Å². The van der Waals surface area contributed by atoms with E-state index in [9.17, 15) is 61.7 Å². The first kappa shape index (κ1) is 102. The minimum atomic E-state index is -5.08. The largest absolute Gasteiger partial charge is 0.508 e. The molecule has 2 heterocycles. The molecule has 0 aliphatic carbocycles. The quantitative estimate of drug-likeness (QED) is 0.0151. The maximum atomic E-state index is 15.2. The number of phenolic OH excluding ortho intramolecular Hbond substituents is 1. The number of aliphatic hydroxyl groups is 1. The number of alkyl halides is 3. The van der Waals surface area contributed by atoms with Crippen molar-refractivity contribution in [3.8, 4) is 5.75 Å². The molecule has 12 amide bonds. The molecule has 11 atom stereocenters. The fourth-order valence-corrected chi connectivity index (χ4v) is 13.3. The predicted octanol–water partition coefficient (Wildman–Crippen LogP) is 2.41. The van der Waals surface area contributed by atoms with E-state index in [0.717, 1.165) is 10.8 Å². The molecule has 35 nitrogen and oxygen atoms in total. The van der Waals surface area contributed by atoms with Gasteiger partial charge in [0.1, 0.15) is 72.2 Å². The summed E-state index contributed by atoms with van der Waals surface area (Å²) in [5.74, 6) is -11.4. The first-order valence-electron chi connectivity index (χ1n) is 41.4. The van der Waals surface area contributed by atoms with Crippen molar-refractivity contribution in [1.29, 1.82) is 0 Å². The lowest BCUT2D eigenvalue weighted by Gasteiger charge is -2.31. The molecule has 1 aliphatic heterocycles. The van der Waals surface area contributed by atoms with Crippen molar-refractivity contribution >= 4 is 111 Å². The van der Waals surface area contributed by atoms with Gasteiger partial charge >= 0.3 is 12.1 Å². The maximum Gasteiger partial charge on any atom is 0.490 e. The van der Waals surface area contributed by atoms with Gasteiger partial charge in [-0.3, -0.25) is 72.5 Å². The Morgan fingerprint density at radius 3 is 1.47 bits per heavy atom. The monoisotopic (exact) mass is 1750 g/mol. The van der Waals surface area contributed by atoms with Crippen molar-refractivity contribution in [2.75, 3.05) is 52.4 Å². The summed E-state index contributed by atoms with van der Waals surface area (Å²) in [6.07, 6.45) is -0.489. The number of nitrogens with one attached hydrogen (secondary N) is 14. The predicted molar refractivity (Wildman–Crippen MR) is 460 cm³/mol. The zero-order valence-corrected chi connectivity index (χ0v) is 72.0. The van der Waals surface area contributed by atoms with Gasteiger partial charge in [-0.05, 0) is 169 Å². The van der Waals surface area contributed by atoms with Crippen LogP contribution in [0, 0.1) is 5.92 Å². The number of aromatic nitrogens is 1. The molecule has 0 bridgehead atoms. The van der Waals surface area contributed by atoms with E-state index in [-0.39, 0.29) is 76.0 Å². The van der Waals surface area contributed by atoms with E-state index in [2.05, 4.69) is 89.4 Å². The number of carbonyl (C=O) groups is 13. The molecule has 124 heavy (non-hydrogen) atoms. The number of carboxylic acids is 1. The van der Waals surface area contributed by atoms with Crippen LogP contribution in [-0.2, 0) is 88.0 Å². The number of aromatic hydroxyl groups is 1. The molecule has 0 radical (unpaired) electrons. The molecule has 4 aromatic carbocycles. The number of carbonyl (C=O) groups excluding carboxylic acids is 12. The summed E-state index contributed by atoms with van der Waals surface area (Å²) >= 11 is 6.27. The third kappa shape index (κ3) is 36.1. The minimum absolute atomic E-state index is 0.0266. The number of fused-ring (bicyclic) bond motifs is 1. The van der Waals surface area contributed by atoms with Gasteiger partial charge in [0.05, 0.1) is 6.61 Å². The number of nitrogens with zero attached hydrogens (tertiary/aromatic N) is 4. The third-order valence-corrected chi connectivity index (χ3v) is 19.8. The van der Waals surface area contributed by atoms with E-state index >= 15 is 19.2 Å². The summed E-state index contributed by atoms with van der Waals surface area (Å²) in [6, 6.07) is 13.9. The second-order valence-corrected chi connectivity index (χ2v) is 30.5. The molecule has 19 N–H and O–H groups in total. The van der Waals surface area contributed by atoms with Crippen LogP contribution in [-0.4, -0.2) is 239 Å². The van der Waals surface area contributed by atoms with Crippen molar-refractivity contribution in [3.63, 3.8) is 0 Å². The number of hydrogen-bond acceptors (Lipinski definition) is 18. The third-order valence-electron chi connectivity index (χ3n) is 19.5. The van der Waals surface area contributed by atoms with E-state index < -0.39 is 156 Å². The highest BCUT2D eigenvalue weighted by Crippen LogP contribution is 2.23. The smallest absolute Gasteiger partial charge is 0.490 e. The molecule has 0 saturated carbocycles. The molecule has 1 aromatic heterocycles. The number of carboxylic acid groups (broad SMARTS) is 1. The summed E-state index contributed by atoms with van der Waals surface area (Å²) in [5.41, 5.74) is 7.47. The number of aliphatic imine (C=N–C) groups is 2. The zero-order valence-electron chi connectivity index (χ0n) is 71.3. The average molecular weight is 1760 g/mol. The number of aliphatic hydroxyl groups excluding tert-OH is 1. The molecule has 1 fully saturated rings. The van der Waals surface area contributed by atoms with Crippen LogP contribution in [0.2, 0.25) is 5.02 Å². The number of unbranched alkanes of at least 4 members (excludes halogenated alkanes) is 2. The number of amides is 12. The number of guanidine groups is 2. The van der Waals surface area contributed by atoms with Crippen molar-refractivity contribution in [1.82, 2.24) is 84.3 Å². The average Bonchev–Trinajstić information content (AvgIpc) is 1.53. The number of nitrogens with two attached hydrogens (primary N) is 1. The van der Waals surface area contributed by atoms with Crippen molar-refractivity contribution < 1.29 is 90.8 Å². The molecular formula is C85H119ClF3N19O16. The highest BCUT2D eigenvalue weighted by molar-refractivity contribution is 6.30. The van der Waals surface area contributed by atoms with Gasteiger partial charge in [-0.15, -0.1) is 0 Å². The van der Waals surface area contributed by atoms with Gasteiger partial charge in [-0.25, -0.2) is 4.79 Å². The van der Waals surface area contributed by atoms with Crippen LogP contribution in [0.25, 0.3) is 10.8 Å². The van der Waals surface area contributed by atoms with Crippen LogP contribution >= 0.6 is 11.6 Å². The Hall–Kier alpha value is -12.2. The standard InChI is InChI=1S/C83H118ClN19O14.C2HF3O2/c1-10-87-82(88-11-2)91-39-18-16-25-62(73(109)98-64(42-50(5)6)74(110)97-63(26-17-19-40-92-83(89-12-3)90-13-4)81(117)103-41-21-27-70(103)80(116)94-52(8)72(108)93-51(7)71(85)107)96-76(112)66(45-55-31-36-61(106)37-32-55)101-79(115)69(49-104)102-78(114)68(47-57-22-20-38-86-48-57)100-77(113)67(44-54-29-34-60(84)35-30-54)99-75(111)65(95-53(9)105)46-56-28-33-58-23-14-15-24-59(58)43-56;3-2(4,5)1(6)7/h14-15,20,22-24,28-38,43,48,50-52,62-70,104,106H,10-13,16-19,21,25-27,39-42,44-47,49H2,1-9H3,(H2,85,107)(H,93,108)(H,94,116)(H,95,105)(H,96,112)(H,97,110)(H,98,109)(H,99,111)(H,100,113)(H,101,115)(H,102,114)(H2,87,88,91)(H2,89,90,92);(H,6,7)/t51-,52-,62-,63+,64+,65-,66+,67-,68-,69+,70+;/m1./s1. The van der Waals surface area contributed by atoms with Gasteiger partial charge in [0, 0.05) is 95.8 Å². The molecule has 0 spiro atoms. The Labute approximate surface area is 724 Å². The Morgan fingerprint density at radius 2 is 0.976 bits per heavy atom. The van der Waals surface area contributed by atoms with Crippen LogP contribution in [0.15, 0.2) is 126 Å². The van der Waals surface area contributed by atoms with E-state index in [1.165, 1.54) is 62.3 Å².